The average molecular weight is 422 g/mol. The predicted molar refractivity (Wildman–Crippen MR) is 119 cm³/mol. The molecule has 4 rings (SSSR count). The highest BCUT2D eigenvalue weighted by Gasteiger charge is 2.26. The third kappa shape index (κ3) is 4.90. The van der Waals surface area contributed by atoms with Crippen LogP contribution in [0.15, 0.2) is 60.0 Å². The zero-order valence-electron chi connectivity index (χ0n) is 17.4. The topological polar surface area (TPSA) is 63.9 Å². The summed E-state index contributed by atoms with van der Waals surface area (Å²) in [6.45, 7) is 6.79. The van der Waals surface area contributed by atoms with Crippen LogP contribution in [-0.2, 0) is 11.3 Å². The number of rotatable bonds is 6. The standard InChI is InChI=1S/C23H27N5OS/c1-17-11-18(2)14-27(13-17)21(29)16-30-23-26-25-22(20-9-6-10-24-12-20)28(23)15-19-7-4-3-5-8-19/h3-10,12,17-18H,11,13-16H2,1-2H3. The molecule has 1 amide bonds. The summed E-state index contributed by atoms with van der Waals surface area (Å²) in [4.78, 5) is 19.1. The third-order valence-electron chi connectivity index (χ3n) is 5.37. The van der Waals surface area contributed by atoms with Crippen molar-refractivity contribution in [1.29, 1.82) is 0 Å². The molecule has 0 saturated carbocycles. The highest BCUT2D eigenvalue weighted by atomic mass is 32.2. The second-order valence-electron chi connectivity index (χ2n) is 8.15. The second-order valence-corrected chi connectivity index (χ2v) is 9.10. The summed E-state index contributed by atoms with van der Waals surface area (Å²) < 4.78 is 2.08. The number of hydrogen-bond donors (Lipinski definition) is 0. The monoisotopic (exact) mass is 421 g/mol. The van der Waals surface area contributed by atoms with Crippen LogP contribution in [0.5, 0.6) is 0 Å². The van der Waals surface area contributed by atoms with Crippen LogP contribution in [0.3, 0.4) is 0 Å². The molecule has 7 heteroatoms. The molecule has 30 heavy (non-hydrogen) atoms. The SMILES string of the molecule is CC1CC(C)CN(C(=O)CSc2nnc(-c3cccnc3)n2Cc2ccccc2)C1. The number of amides is 1. The van der Waals surface area contributed by atoms with Gasteiger partial charge in [0.1, 0.15) is 0 Å². The van der Waals surface area contributed by atoms with E-state index >= 15 is 0 Å². The summed E-state index contributed by atoms with van der Waals surface area (Å²) in [6.07, 6.45) is 4.73. The maximum Gasteiger partial charge on any atom is 0.233 e. The van der Waals surface area contributed by atoms with E-state index in [1.807, 2.05) is 35.2 Å². The van der Waals surface area contributed by atoms with Crippen LogP contribution in [-0.4, -0.2) is 49.4 Å². The fourth-order valence-electron chi connectivity index (χ4n) is 4.10. The van der Waals surface area contributed by atoms with E-state index < -0.39 is 0 Å². The molecule has 0 N–H and O–H groups in total. The third-order valence-corrected chi connectivity index (χ3v) is 6.32. The van der Waals surface area contributed by atoms with Crippen molar-refractivity contribution in [1.82, 2.24) is 24.6 Å². The molecule has 0 spiro atoms. The molecule has 1 fully saturated rings. The number of carbonyl (C=O) groups excluding carboxylic acids is 1. The fourth-order valence-corrected chi connectivity index (χ4v) is 4.94. The molecule has 2 atom stereocenters. The summed E-state index contributed by atoms with van der Waals surface area (Å²) >= 11 is 1.46. The number of carbonyl (C=O) groups is 1. The molecule has 1 aromatic carbocycles. The van der Waals surface area contributed by atoms with Crippen molar-refractivity contribution in [3.05, 3.63) is 60.4 Å². The Balaban J connectivity index is 1.54. The quantitative estimate of drug-likeness (QED) is 0.563. The first kappa shape index (κ1) is 20.6. The number of benzene rings is 1. The minimum absolute atomic E-state index is 0.176. The fraction of sp³-hybridized carbons (Fsp3) is 0.391. The van der Waals surface area contributed by atoms with Gasteiger partial charge in [-0.1, -0.05) is 55.9 Å². The van der Waals surface area contributed by atoms with E-state index in [2.05, 4.69) is 45.7 Å². The number of hydrogen-bond acceptors (Lipinski definition) is 5. The van der Waals surface area contributed by atoms with E-state index in [9.17, 15) is 4.79 Å². The number of aromatic nitrogens is 4. The number of pyridine rings is 1. The van der Waals surface area contributed by atoms with Crippen LogP contribution in [0.2, 0.25) is 0 Å². The van der Waals surface area contributed by atoms with Crippen molar-refractivity contribution >= 4 is 17.7 Å². The van der Waals surface area contributed by atoms with E-state index in [4.69, 9.17) is 0 Å². The maximum atomic E-state index is 12.8. The number of piperidine rings is 1. The minimum Gasteiger partial charge on any atom is -0.341 e. The molecule has 1 aliphatic heterocycles. The Kier molecular flexibility index (Phi) is 6.47. The Hall–Kier alpha value is -2.67. The van der Waals surface area contributed by atoms with Gasteiger partial charge in [-0.3, -0.25) is 14.3 Å². The first-order valence-electron chi connectivity index (χ1n) is 10.4. The molecule has 1 aliphatic rings. The Morgan fingerprint density at radius 1 is 1.07 bits per heavy atom. The average Bonchev–Trinajstić information content (AvgIpc) is 3.15. The lowest BCUT2D eigenvalue weighted by Crippen LogP contribution is -2.43. The lowest BCUT2D eigenvalue weighted by atomic mass is 9.92. The van der Waals surface area contributed by atoms with E-state index in [0.29, 0.717) is 24.1 Å². The summed E-state index contributed by atoms with van der Waals surface area (Å²) in [7, 11) is 0. The summed E-state index contributed by atoms with van der Waals surface area (Å²) in [5.74, 6) is 2.43. The van der Waals surface area contributed by atoms with Gasteiger partial charge < -0.3 is 4.90 Å². The van der Waals surface area contributed by atoms with E-state index in [1.165, 1.54) is 18.2 Å². The Morgan fingerprint density at radius 2 is 1.83 bits per heavy atom. The number of nitrogens with zero attached hydrogens (tertiary/aromatic N) is 5. The van der Waals surface area contributed by atoms with E-state index in [-0.39, 0.29) is 5.91 Å². The van der Waals surface area contributed by atoms with Crippen molar-refractivity contribution in [3.8, 4) is 11.4 Å². The van der Waals surface area contributed by atoms with Gasteiger partial charge in [-0.15, -0.1) is 10.2 Å². The van der Waals surface area contributed by atoms with Gasteiger partial charge in [-0.2, -0.15) is 0 Å². The Bertz CT molecular complexity index is 966. The van der Waals surface area contributed by atoms with Crippen LogP contribution >= 0.6 is 11.8 Å². The highest BCUT2D eigenvalue weighted by molar-refractivity contribution is 7.99. The van der Waals surface area contributed by atoms with Crippen molar-refractivity contribution in [2.75, 3.05) is 18.8 Å². The van der Waals surface area contributed by atoms with Crippen molar-refractivity contribution < 1.29 is 4.79 Å². The zero-order chi connectivity index (χ0) is 20.9. The molecule has 156 valence electrons. The lowest BCUT2D eigenvalue weighted by Gasteiger charge is -2.35. The predicted octanol–water partition coefficient (Wildman–Crippen LogP) is 3.99. The van der Waals surface area contributed by atoms with Crippen LogP contribution in [0.1, 0.15) is 25.8 Å². The normalized spacial score (nSPS) is 19.1. The van der Waals surface area contributed by atoms with Gasteiger partial charge in [0.2, 0.25) is 5.91 Å². The summed E-state index contributed by atoms with van der Waals surface area (Å²) in [6, 6.07) is 14.1. The lowest BCUT2D eigenvalue weighted by molar-refractivity contribution is -0.130. The van der Waals surface area contributed by atoms with Gasteiger partial charge in [0.15, 0.2) is 11.0 Å². The molecule has 0 bridgehead atoms. The molecule has 0 radical (unpaired) electrons. The smallest absolute Gasteiger partial charge is 0.233 e. The van der Waals surface area contributed by atoms with E-state index in [1.54, 1.807) is 12.4 Å². The molecule has 3 heterocycles. The van der Waals surface area contributed by atoms with Crippen molar-refractivity contribution in [3.63, 3.8) is 0 Å². The van der Waals surface area contributed by atoms with Crippen LogP contribution in [0.4, 0.5) is 0 Å². The number of likely N-dealkylation sites (tertiary alicyclic amines) is 1. The summed E-state index contributed by atoms with van der Waals surface area (Å²) in [5, 5.41) is 9.59. The van der Waals surface area contributed by atoms with Gasteiger partial charge in [0.25, 0.3) is 0 Å². The largest absolute Gasteiger partial charge is 0.341 e. The molecular weight excluding hydrogens is 394 g/mol. The van der Waals surface area contributed by atoms with Crippen LogP contribution in [0, 0.1) is 11.8 Å². The van der Waals surface area contributed by atoms with Crippen molar-refractivity contribution in [2.24, 2.45) is 11.8 Å². The minimum atomic E-state index is 0.176. The van der Waals surface area contributed by atoms with Gasteiger partial charge in [0.05, 0.1) is 12.3 Å². The van der Waals surface area contributed by atoms with Gasteiger partial charge in [0, 0.05) is 31.0 Å². The molecular formula is C23H27N5OS. The van der Waals surface area contributed by atoms with Crippen LogP contribution in [0.25, 0.3) is 11.4 Å². The summed E-state index contributed by atoms with van der Waals surface area (Å²) in [5.41, 5.74) is 2.08. The van der Waals surface area contributed by atoms with Crippen LogP contribution < -0.4 is 0 Å². The Morgan fingerprint density at radius 3 is 2.53 bits per heavy atom. The number of thioether (sulfide) groups is 1. The first-order valence-corrected chi connectivity index (χ1v) is 11.4. The zero-order valence-corrected chi connectivity index (χ0v) is 18.3. The molecule has 2 aromatic heterocycles. The molecule has 3 aromatic rings. The van der Waals surface area contributed by atoms with E-state index in [0.717, 1.165) is 35.2 Å². The molecule has 2 unspecified atom stereocenters. The van der Waals surface area contributed by atoms with Gasteiger partial charge in [-0.25, -0.2) is 0 Å². The van der Waals surface area contributed by atoms with Gasteiger partial charge in [-0.05, 0) is 36.0 Å². The Labute approximate surface area is 181 Å². The molecule has 6 nitrogen and oxygen atoms in total. The van der Waals surface area contributed by atoms with Gasteiger partial charge >= 0.3 is 0 Å². The second kappa shape index (κ2) is 9.43. The first-order chi connectivity index (χ1) is 14.6. The molecule has 0 aliphatic carbocycles. The molecule has 1 saturated heterocycles. The highest BCUT2D eigenvalue weighted by Crippen LogP contribution is 2.26. The maximum absolute atomic E-state index is 12.8. The van der Waals surface area contributed by atoms with Crippen molar-refractivity contribution in [2.45, 2.75) is 32.0 Å².